The van der Waals surface area contributed by atoms with Crippen LogP contribution < -0.4 is 15.4 Å². The van der Waals surface area contributed by atoms with Gasteiger partial charge in [0.25, 0.3) is 0 Å². The molecule has 9 heteroatoms. The van der Waals surface area contributed by atoms with Gasteiger partial charge in [0.2, 0.25) is 5.91 Å². The van der Waals surface area contributed by atoms with Crippen molar-refractivity contribution in [1.29, 1.82) is 0 Å². The summed E-state index contributed by atoms with van der Waals surface area (Å²) in [7, 11) is 3.42. The topological polar surface area (TPSA) is 88.3 Å². The zero-order valence-corrected chi connectivity index (χ0v) is 20.9. The number of likely N-dealkylation sites (N-methyl/N-ethyl adjacent to an activating group) is 1. The van der Waals surface area contributed by atoms with Crippen LogP contribution in [0.25, 0.3) is 0 Å². The second-order valence-corrected chi connectivity index (χ2v) is 7.18. The first-order valence-electron chi connectivity index (χ1n) is 10.1. The monoisotopic (exact) mass is 544 g/mol. The molecule has 1 amide bonds. The minimum atomic E-state index is -0.0708. The van der Waals surface area contributed by atoms with Gasteiger partial charge in [-0.2, -0.15) is 0 Å². The fourth-order valence-corrected chi connectivity index (χ4v) is 2.40. The van der Waals surface area contributed by atoms with E-state index in [-0.39, 0.29) is 42.5 Å². The molecular weight excluding hydrogens is 511 g/mol. The molecule has 0 bridgehead atoms. The molecule has 2 aromatic rings. The maximum absolute atomic E-state index is 11.9. The summed E-state index contributed by atoms with van der Waals surface area (Å²) in [5.74, 6) is 2.07. The number of carbonyl (C=O) groups excluding carboxylic acids is 1. The van der Waals surface area contributed by atoms with E-state index in [9.17, 15) is 4.79 Å². The molecule has 0 aliphatic heterocycles. The van der Waals surface area contributed by atoms with E-state index in [1.54, 1.807) is 20.4 Å². The van der Waals surface area contributed by atoms with Crippen molar-refractivity contribution in [1.82, 2.24) is 10.2 Å². The van der Waals surface area contributed by atoms with Crippen molar-refractivity contribution in [3.05, 3.63) is 48.4 Å². The van der Waals surface area contributed by atoms with Gasteiger partial charge < -0.3 is 29.4 Å². The molecule has 0 saturated carbocycles. The molecule has 0 atom stereocenters. The molecule has 0 unspecified atom stereocenters. The number of hydrogen-bond acceptors (Lipinski definition) is 5. The summed E-state index contributed by atoms with van der Waals surface area (Å²) in [5, 5.41) is 6.46. The molecule has 0 fully saturated rings. The second-order valence-electron chi connectivity index (χ2n) is 7.18. The number of nitrogens with one attached hydrogen (secondary N) is 2. The van der Waals surface area contributed by atoms with Crippen LogP contribution in [0.2, 0.25) is 0 Å². The predicted octanol–water partition coefficient (Wildman–Crippen LogP) is 3.74. The molecule has 31 heavy (non-hydrogen) atoms. The zero-order chi connectivity index (χ0) is 21.8. The van der Waals surface area contributed by atoms with Gasteiger partial charge in [-0.1, -0.05) is 0 Å². The largest absolute Gasteiger partial charge is 0.491 e. The van der Waals surface area contributed by atoms with Crippen LogP contribution in [0.15, 0.2) is 52.1 Å². The van der Waals surface area contributed by atoms with Crippen LogP contribution in [0, 0.1) is 0 Å². The Labute approximate surface area is 201 Å². The van der Waals surface area contributed by atoms with E-state index in [0.29, 0.717) is 25.7 Å². The van der Waals surface area contributed by atoms with E-state index in [0.717, 1.165) is 23.6 Å². The second kappa shape index (κ2) is 14.7. The van der Waals surface area contributed by atoms with Crippen molar-refractivity contribution in [2.45, 2.75) is 33.0 Å². The van der Waals surface area contributed by atoms with Crippen LogP contribution in [-0.2, 0) is 16.1 Å². The van der Waals surface area contributed by atoms with Gasteiger partial charge in [0.15, 0.2) is 5.96 Å². The number of benzene rings is 1. The molecule has 0 spiro atoms. The Bertz CT molecular complexity index is 777. The smallest absolute Gasteiger partial charge is 0.243 e. The molecular formula is C22H33IN4O4. The van der Waals surface area contributed by atoms with E-state index >= 15 is 0 Å². The Morgan fingerprint density at radius 3 is 2.55 bits per heavy atom. The molecule has 0 aliphatic carbocycles. The Balaban J connectivity index is 0.00000480. The number of rotatable bonds is 11. The van der Waals surface area contributed by atoms with E-state index < -0.39 is 0 Å². The summed E-state index contributed by atoms with van der Waals surface area (Å²) in [4.78, 5) is 17.8. The Morgan fingerprint density at radius 1 is 1.19 bits per heavy atom. The highest BCUT2D eigenvalue weighted by atomic mass is 127. The van der Waals surface area contributed by atoms with Crippen molar-refractivity contribution in [3.8, 4) is 5.75 Å². The van der Waals surface area contributed by atoms with Crippen molar-refractivity contribution >= 4 is 41.5 Å². The van der Waals surface area contributed by atoms with Gasteiger partial charge in [-0.3, -0.25) is 4.79 Å². The number of aliphatic imine (C=N–C) groups is 1. The highest BCUT2D eigenvalue weighted by molar-refractivity contribution is 14.0. The van der Waals surface area contributed by atoms with Crippen molar-refractivity contribution < 1.29 is 18.7 Å². The minimum Gasteiger partial charge on any atom is -0.491 e. The fraction of sp³-hybridized carbons (Fsp3) is 0.455. The Kier molecular flexibility index (Phi) is 12.7. The number of guanidine groups is 1. The number of halogens is 1. The molecule has 8 nitrogen and oxygen atoms in total. The van der Waals surface area contributed by atoms with Gasteiger partial charge in [-0.15, -0.1) is 24.0 Å². The zero-order valence-electron chi connectivity index (χ0n) is 18.6. The molecule has 0 aliphatic rings. The highest BCUT2D eigenvalue weighted by Gasteiger charge is 2.06. The van der Waals surface area contributed by atoms with Gasteiger partial charge in [0.05, 0.1) is 12.4 Å². The van der Waals surface area contributed by atoms with Gasteiger partial charge in [-0.05, 0) is 56.7 Å². The van der Waals surface area contributed by atoms with Crippen LogP contribution in [0.1, 0.15) is 26.0 Å². The van der Waals surface area contributed by atoms with Crippen LogP contribution in [0.3, 0.4) is 0 Å². The lowest BCUT2D eigenvalue weighted by atomic mass is 10.3. The molecule has 1 heterocycles. The lowest BCUT2D eigenvalue weighted by Gasteiger charge is -2.15. The van der Waals surface area contributed by atoms with Crippen LogP contribution in [0.5, 0.6) is 5.75 Å². The van der Waals surface area contributed by atoms with Crippen molar-refractivity contribution in [2.75, 3.05) is 39.1 Å². The van der Waals surface area contributed by atoms with E-state index in [1.165, 1.54) is 4.90 Å². The number of carbonyl (C=O) groups is 1. The number of ether oxygens (including phenoxy) is 2. The third-order valence-corrected chi connectivity index (χ3v) is 3.94. The molecule has 1 aromatic heterocycles. The fourth-order valence-electron chi connectivity index (χ4n) is 2.40. The molecule has 0 radical (unpaired) electrons. The van der Waals surface area contributed by atoms with Gasteiger partial charge in [0, 0.05) is 32.9 Å². The number of anilines is 1. The standard InChI is InChI=1S/C22H32N4O4.HI/c1-17(2)30-19-10-8-18(9-11-19)25-22(24-15-21(27)26(3)4)23-12-6-13-28-16-20-7-5-14-29-20;/h5,7-11,14,17H,6,12-13,15-16H2,1-4H3,(H2,23,24,25);1H. The highest BCUT2D eigenvalue weighted by Crippen LogP contribution is 2.16. The quantitative estimate of drug-likeness (QED) is 0.194. The molecule has 2 rings (SSSR count). The van der Waals surface area contributed by atoms with E-state index in [2.05, 4.69) is 15.6 Å². The van der Waals surface area contributed by atoms with Gasteiger partial charge >= 0.3 is 0 Å². The first-order chi connectivity index (χ1) is 14.4. The Hall–Kier alpha value is -2.27. The lowest BCUT2D eigenvalue weighted by molar-refractivity contribution is -0.127. The average Bonchev–Trinajstić information content (AvgIpc) is 3.22. The Morgan fingerprint density at radius 2 is 1.94 bits per heavy atom. The summed E-state index contributed by atoms with van der Waals surface area (Å²) in [5.41, 5.74) is 0.851. The maximum Gasteiger partial charge on any atom is 0.243 e. The van der Waals surface area contributed by atoms with E-state index in [4.69, 9.17) is 13.9 Å². The number of nitrogens with zero attached hydrogens (tertiary/aromatic N) is 2. The first kappa shape index (κ1) is 26.8. The third kappa shape index (κ3) is 11.1. The summed E-state index contributed by atoms with van der Waals surface area (Å²) < 4.78 is 16.5. The summed E-state index contributed by atoms with van der Waals surface area (Å²) >= 11 is 0. The number of hydrogen-bond donors (Lipinski definition) is 2. The maximum atomic E-state index is 11.9. The number of furan rings is 1. The van der Waals surface area contributed by atoms with Gasteiger partial charge in [-0.25, -0.2) is 4.99 Å². The van der Waals surface area contributed by atoms with Gasteiger partial charge in [0.1, 0.15) is 24.7 Å². The van der Waals surface area contributed by atoms with Crippen LogP contribution in [-0.4, -0.2) is 56.7 Å². The van der Waals surface area contributed by atoms with Crippen molar-refractivity contribution in [2.24, 2.45) is 4.99 Å². The normalized spacial score (nSPS) is 11.1. The van der Waals surface area contributed by atoms with Crippen LogP contribution >= 0.6 is 24.0 Å². The predicted molar refractivity (Wildman–Crippen MR) is 133 cm³/mol. The number of amides is 1. The summed E-state index contributed by atoms with van der Waals surface area (Å²) in [6, 6.07) is 11.3. The van der Waals surface area contributed by atoms with Crippen molar-refractivity contribution in [3.63, 3.8) is 0 Å². The van der Waals surface area contributed by atoms with E-state index in [1.807, 2.05) is 50.2 Å². The minimum absolute atomic E-state index is 0. The molecule has 0 saturated heterocycles. The summed E-state index contributed by atoms with van der Waals surface area (Å²) in [6.07, 6.45) is 2.53. The van der Waals surface area contributed by atoms with Crippen LogP contribution in [0.4, 0.5) is 5.69 Å². The molecule has 172 valence electrons. The SMILES string of the molecule is CC(C)Oc1ccc(NC(=NCC(=O)N(C)C)NCCCOCc2ccco2)cc1.I. The average molecular weight is 544 g/mol. The molecule has 1 aromatic carbocycles. The summed E-state index contributed by atoms with van der Waals surface area (Å²) in [6.45, 7) is 5.72. The molecule has 2 N–H and O–H groups in total. The first-order valence-corrected chi connectivity index (χ1v) is 10.1. The lowest BCUT2D eigenvalue weighted by Crippen LogP contribution is -2.34. The third-order valence-electron chi connectivity index (χ3n) is 3.94.